The molecule has 4 N–H and O–H groups in total. The highest BCUT2D eigenvalue weighted by molar-refractivity contribution is 5.99. The summed E-state index contributed by atoms with van der Waals surface area (Å²) in [7, 11) is 0. The summed E-state index contributed by atoms with van der Waals surface area (Å²) >= 11 is 0. The second-order valence-electron chi connectivity index (χ2n) is 3.68. The molecule has 2 aromatic carbocycles. The third-order valence-corrected chi connectivity index (χ3v) is 2.21. The molecule has 5 heteroatoms. The summed E-state index contributed by atoms with van der Waals surface area (Å²) in [6.07, 6.45) is 0. The molecule has 0 unspecified atom stereocenters. The zero-order chi connectivity index (χ0) is 13.0. The average Bonchev–Trinajstić information content (AvgIpc) is 2.28. The molecule has 0 heterocycles. The Hall–Kier alpha value is -2.69. The number of carbonyl (C=O) groups is 1. The van der Waals surface area contributed by atoms with Crippen LogP contribution in [0.15, 0.2) is 48.5 Å². The first kappa shape index (κ1) is 11.8. The van der Waals surface area contributed by atoms with Gasteiger partial charge in [0, 0.05) is 23.5 Å². The average molecular weight is 244 g/mol. The van der Waals surface area contributed by atoms with E-state index < -0.39 is 6.03 Å². The second-order valence-corrected chi connectivity index (χ2v) is 3.68. The number of nitrogens with one attached hydrogen (secondary N) is 2. The Kier molecular flexibility index (Phi) is 3.33. The summed E-state index contributed by atoms with van der Waals surface area (Å²) in [5.41, 5.74) is 0.959. The Labute approximate surface area is 104 Å². The first-order valence-corrected chi connectivity index (χ1v) is 5.29. The maximum absolute atomic E-state index is 11.6. The predicted molar refractivity (Wildman–Crippen MR) is 68.9 cm³/mol. The van der Waals surface area contributed by atoms with Gasteiger partial charge in [-0.15, -0.1) is 0 Å². The number of aromatic hydroxyl groups is 2. The number of amides is 2. The first-order valence-electron chi connectivity index (χ1n) is 5.29. The lowest BCUT2D eigenvalue weighted by Gasteiger charge is -2.08. The third kappa shape index (κ3) is 3.15. The predicted octanol–water partition coefficient (Wildman–Crippen LogP) is 2.74. The maximum atomic E-state index is 11.6. The van der Waals surface area contributed by atoms with Crippen LogP contribution in [0.2, 0.25) is 0 Å². The number of benzene rings is 2. The minimum atomic E-state index is -0.453. The van der Waals surface area contributed by atoms with E-state index in [0.29, 0.717) is 11.4 Å². The number of hydrogen-bond donors (Lipinski definition) is 4. The van der Waals surface area contributed by atoms with Gasteiger partial charge in [0.1, 0.15) is 11.5 Å². The highest BCUT2D eigenvalue weighted by atomic mass is 16.3. The van der Waals surface area contributed by atoms with Crippen LogP contribution in [-0.4, -0.2) is 16.2 Å². The quantitative estimate of drug-likeness (QED) is 0.655. The Balaban J connectivity index is 2.01. The zero-order valence-electron chi connectivity index (χ0n) is 9.42. The van der Waals surface area contributed by atoms with Crippen molar-refractivity contribution in [3.63, 3.8) is 0 Å². The van der Waals surface area contributed by atoms with Crippen LogP contribution >= 0.6 is 0 Å². The molecule has 0 fully saturated rings. The van der Waals surface area contributed by atoms with Crippen LogP contribution in [0.1, 0.15) is 0 Å². The molecular weight excluding hydrogens is 232 g/mol. The Morgan fingerprint density at radius 2 is 1.28 bits per heavy atom. The molecule has 92 valence electrons. The molecule has 0 bridgehead atoms. The molecule has 0 aromatic heterocycles. The van der Waals surface area contributed by atoms with Gasteiger partial charge in [-0.2, -0.15) is 0 Å². The molecule has 0 saturated carbocycles. The normalized spacial score (nSPS) is 9.78. The summed E-state index contributed by atoms with van der Waals surface area (Å²) in [5.74, 6) is 0.148. The van der Waals surface area contributed by atoms with Crippen molar-refractivity contribution in [2.45, 2.75) is 0 Å². The number of urea groups is 1. The molecule has 0 aliphatic carbocycles. The van der Waals surface area contributed by atoms with E-state index in [-0.39, 0.29) is 11.5 Å². The highest BCUT2D eigenvalue weighted by Crippen LogP contribution is 2.17. The van der Waals surface area contributed by atoms with Crippen LogP contribution in [0.4, 0.5) is 16.2 Å². The fourth-order valence-corrected chi connectivity index (χ4v) is 1.46. The van der Waals surface area contributed by atoms with E-state index in [0.717, 1.165) is 0 Å². The Morgan fingerprint density at radius 1 is 0.833 bits per heavy atom. The molecule has 2 rings (SSSR count). The molecule has 5 nitrogen and oxygen atoms in total. The van der Waals surface area contributed by atoms with Crippen molar-refractivity contribution >= 4 is 17.4 Å². The second kappa shape index (κ2) is 5.09. The van der Waals surface area contributed by atoms with Crippen molar-refractivity contribution in [3.8, 4) is 11.5 Å². The van der Waals surface area contributed by atoms with Crippen LogP contribution in [0, 0.1) is 0 Å². The lowest BCUT2D eigenvalue weighted by molar-refractivity contribution is 0.262. The van der Waals surface area contributed by atoms with Crippen LogP contribution in [0.25, 0.3) is 0 Å². The minimum absolute atomic E-state index is 0.0742. The molecule has 2 amide bonds. The molecule has 0 atom stereocenters. The Bertz CT molecular complexity index is 520. The van der Waals surface area contributed by atoms with E-state index in [9.17, 15) is 15.0 Å². The topological polar surface area (TPSA) is 81.6 Å². The standard InChI is InChI=1S/C13H12N2O3/c16-11-5-1-3-9(7-11)14-13(18)15-10-4-2-6-12(17)8-10/h1-8,16-17H,(H2,14,15,18). The van der Waals surface area contributed by atoms with Crippen molar-refractivity contribution in [2.75, 3.05) is 10.6 Å². The smallest absolute Gasteiger partial charge is 0.323 e. The van der Waals surface area contributed by atoms with Crippen molar-refractivity contribution in [1.29, 1.82) is 0 Å². The number of carbonyl (C=O) groups excluding carboxylic acids is 1. The molecule has 18 heavy (non-hydrogen) atoms. The van der Waals surface area contributed by atoms with E-state index in [1.165, 1.54) is 24.3 Å². The lowest BCUT2D eigenvalue weighted by Crippen LogP contribution is -2.19. The van der Waals surface area contributed by atoms with E-state index in [4.69, 9.17) is 0 Å². The van der Waals surface area contributed by atoms with Gasteiger partial charge in [0.15, 0.2) is 0 Å². The third-order valence-electron chi connectivity index (χ3n) is 2.21. The van der Waals surface area contributed by atoms with E-state index in [1.807, 2.05) is 0 Å². The van der Waals surface area contributed by atoms with Crippen molar-refractivity contribution in [1.82, 2.24) is 0 Å². The van der Waals surface area contributed by atoms with Crippen LogP contribution < -0.4 is 10.6 Å². The van der Waals surface area contributed by atoms with Crippen molar-refractivity contribution in [2.24, 2.45) is 0 Å². The van der Waals surface area contributed by atoms with Crippen LogP contribution in [-0.2, 0) is 0 Å². The SMILES string of the molecule is O=C(Nc1cccc(O)c1)Nc1cccc(O)c1. The minimum Gasteiger partial charge on any atom is -0.508 e. The van der Waals surface area contributed by atoms with Gasteiger partial charge in [-0.3, -0.25) is 0 Å². The largest absolute Gasteiger partial charge is 0.508 e. The number of anilines is 2. The monoisotopic (exact) mass is 244 g/mol. The molecule has 0 aliphatic heterocycles. The van der Waals surface area contributed by atoms with Gasteiger partial charge in [0.2, 0.25) is 0 Å². The van der Waals surface area contributed by atoms with E-state index in [2.05, 4.69) is 10.6 Å². The summed E-state index contributed by atoms with van der Waals surface area (Å²) < 4.78 is 0. The number of phenolic OH excluding ortho intramolecular Hbond substituents is 2. The number of phenols is 2. The highest BCUT2D eigenvalue weighted by Gasteiger charge is 2.03. The van der Waals surface area contributed by atoms with Crippen LogP contribution in [0.3, 0.4) is 0 Å². The van der Waals surface area contributed by atoms with Gasteiger partial charge in [0.05, 0.1) is 0 Å². The Morgan fingerprint density at radius 3 is 1.67 bits per heavy atom. The van der Waals surface area contributed by atoms with Crippen molar-refractivity contribution < 1.29 is 15.0 Å². The molecule has 0 radical (unpaired) electrons. The van der Waals surface area contributed by atoms with Gasteiger partial charge >= 0.3 is 6.03 Å². The zero-order valence-corrected chi connectivity index (χ0v) is 9.42. The molecule has 2 aromatic rings. The van der Waals surface area contributed by atoms with Gasteiger partial charge < -0.3 is 20.8 Å². The fourth-order valence-electron chi connectivity index (χ4n) is 1.46. The molecule has 0 aliphatic rings. The summed E-state index contributed by atoms with van der Waals surface area (Å²) in [5, 5.41) is 23.6. The fraction of sp³-hybridized carbons (Fsp3) is 0. The summed E-state index contributed by atoms with van der Waals surface area (Å²) in [4.78, 5) is 11.6. The van der Waals surface area contributed by atoms with Crippen molar-refractivity contribution in [3.05, 3.63) is 48.5 Å². The molecule has 0 saturated heterocycles. The van der Waals surface area contributed by atoms with Gasteiger partial charge in [-0.1, -0.05) is 12.1 Å². The summed E-state index contributed by atoms with van der Waals surface area (Å²) in [6.45, 7) is 0. The van der Waals surface area contributed by atoms with Gasteiger partial charge in [-0.25, -0.2) is 4.79 Å². The lowest BCUT2D eigenvalue weighted by atomic mass is 10.3. The van der Waals surface area contributed by atoms with Gasteiger partial charge in [-0.05, 0) is 24.3 Å². The van der Waals surface area contributed by atoms with Crippen LogP contribution in [0.5, 0.6) is 11.5 Å². The maximum Gasteiger partial charge on any atom is 0.323 e. The molecular formula is C13H12N2O3. The molecule has 0 spiro atoms. The van der Waals surface area contributed by atoms with Gasteiger partial charge in [0.25, 0.3) is 0 Å². The number of rotatable bonds is 2. The van der Waals surface area contributed by atoms with E-state index in [1.54, 1.807) is 24.3 Å². The summed E-state index contributed by atoms with van der Waals surface area (Å²) in [6, 6.07) is 12.0. The van der Waals surface area contributed by atoms with E-state index >= 15 is 0 Å². The first-order chi connectivity index (χ1) is 8.63. The number of hydrogen-bond acceptors (Lipinski definition) is 3.